The average molecular weight is 494 g/mol. The number of benzene rings is 2. The van der Waals surface area contributed by atoms with E-state index in [1.807, 2.05) is 25.1 Å². The topological polar surface area (TPSA) is 88.6 Å². The van der Waals surface area contributed by atoms with Gasteiger partial charge in [0, 0.05) is 36.7 Å². The Morgan fingerprint density at radius 2 is 1.85 bits per heavy atom. The van der Waals surface area contributed by atoms with Crippen LogP contribution in [0.1, 0.15) is 18.4 Å². The number of hydrogen-bond donors (Lipinski definition) is 1. The maximum absolute atomic E-state index is 12.9. The minimum absolute atomic E-state index is 0.0704. The zero-order chi connectivity index (χ0) is 24.5. The number of piperidine rings is 1. The standard InChI is InChI=1S/C23H22F3N3O4S/c1-15-7-8-20(19-6-3-11-27-21(15)19)28-22(30)16-9-12-29(13-10-16)34(31,32)18-5-2-4-17(14-18)33-23(24,25)26/h2-8,11,14,16H,9-10,12-13H2,1H3,(H,28,30). The maximum Gasteiger partial charge on any atom is 0.573 e. The number of aryl methyl sites for hydroxylation is 1. The van der Waals surface area contributed by atoms with Crippen molar-refractivity contribution in [3.05, 3.63) is 60.3 Å². The Hall–Kier alpha value is -3.18. The first-order valence-corrected chi connectivity index (χ1v) is 12.0. The Kier molecular flexibility index (Phi) is 6.50. The summed E-state index contributed by atoms with van der Waals surface area (Å²) in [6, 6.07) is 11.6. The maximum atomic E-state index is 12.9. The fourth-order valence-electron chi connectivity index (χ4n) is 4.00. The molecule has 0 atom stereocenters. The molecule has 1 aliphatic heterocycles. The summed E-state index contributed by atoms with van der Waals surface area (Å²) in [7, 11) is -4.04. The van der Waals surface area contributed by atoms with Crippen molar-refractivity contribution in [2.75, 3.05) is 18.4 Å². The van der Waals surface area contributed by atoms with Gasteiger partial charge in [0.25, 0.3) is 0 Å². The lowest BCUT2D eigenvalue weighted by molar-refractivity contribution is -0.274. The Bertz CT molecular complexity index is 1320. The second-order valence-electron chi connectivity index (χ2n) is 8.02. The molecule has 1 N–H and O–H groups in total. The predicted octanol–water partition coefficient (Wildman–Crippen LogP) is 4.48. The number of carbonyl (C=O) groups is 1. The van der Waals surface area contributed by atoms with Crippen molar-refractivity contribution < 1.29 is 31.1 Å². The molecule has 11 heteroatoms. The first-order chi connectivity index (χ1) is 16.0. The average Bonchev–Trinajstić information content (AvgIpc) is 2.80. The van der Waals surface area contributed by atoms with Crippen molar-refractivity contribution in [3.8, 4) is 5.75 Å². The van der Waals surface area contributed by atoms with E-state index >= 15 is 0 Å². The van der Waals surface area contributed by atoms with Gasteiger partial charge in [-0.15, -0.1) is 13.2 Å². The van der Waals surface area contributed by atoms with Gasteiger partial charge in [0.1, 0.15) is 5.75 Å². The Morgan fingerprint density at radius 3 is 2.56 bits per heavy atom. The minimum atomic E-state index is -4.92. The van der Waals surface area contributed by atoms with Crippen LogP contribution in [0.25, 0.3) is 10.9 Å². The van der Waals surface area contributed by atoms with Crippen LogP contribution in [0.5, 0.6) is 5.75 Å². The third-order valence-electron chi connectivity index (χ3n) is 5.73. The summed E-state index contributed by atoms with van der Waals surface area (Å²) < 4.78 is 68.3. The number of ether oxygens (including phenoxy) is 1. The third kappa shape index (κ3) is 5.15. The van der Waals surface area contributed by atoms with E-state index in [1.54, 1.807) is 12.3 Å². The monoisotopic (exact) mass is 493 g/mol. The van der Waals surface area contributed by atoms with Crippen molar-refractivity contribution in [2.45, 2.75) is 31.0 Å². The highest BCUT2D eigenvalue weighted by Gasteiger charge is 2.34. The molecule has 4 rings (SSSR count). The predicted molar refractivity (Wildman–Crippen MR) is 120 cm³/mol. The van der Waals surface area contributed by atoms with Crippen molar-refractivity contribution in [2.24, 2.45) is 5.92 Å². The second-order valence-corrected chi connectivity index (χ2v) is 9.96. The van der Waals surface area contributed by atoms with Gasteiger partial charge in [-0.2, -0.15) is 4.31 Å². The van der Waals surface area contributed by atoms with Crippen molar-refractivity contribution >= 4 is 32.5 Å². The molecule has 7 nitrogen and oxygen atoms in total. The minimum Gasteiger partial charge on any atom is -0.406 e. The summed E-state index contributed by atoms with van der Waals surface area (Å²) in [5.74, 6) is -1.23. The first kappa shape index (κ1) is 24.0. The van der Waals surface area contributed by atoms with Crippen LogP contribution in [0, 0.1) is 12.8 Å². The summed E-state index contributed by atoms with van der Waals surface area (Å²) in [6.07, 6.45) is -2.67. The highest BCUT2D eigenvalue weighted by Crippen LogP contribution is 2.30. The van der Waals surface area contributed by atoms with Gasteiger partial charge in [-0.25, -0.2) is 8.42 Å². The lowest BCUT2D eigenvalue weighted by Crippen LogP contribution is -2.41. The van der Waals surface area contributed by atoms with E-state index in [4.69, 9.17) is 0 Å². The number of alkyl halides is 3. The van der Waals surface area contributed by atoms with Gasteiger partial charge in [-0.05, 0) is 55.7 Å². The van der Waals surface area contributed by atoms with E-state index < -0.39 is 28.1 Å². The molecule has 1 amide bonds. The van der Waals surface area contributed by atoms with Crippen molar-refractivity contribution in [1.82, 2.24) is 9.29 Å². The zero-order valence-corrected chi connectivity index (χ0v) is 19.0. The molecule has 0 saturated carbocycles. The highest BCUT2D eigenvalue weighted by molar-refractivity contribution is 7.89. The third-order valence-corrected chi connectivity index (χ3v) is 7.63. The number of aromatic nitrogens is 1. The molecule has 3 aromatic rings. The molecular formula is C23H22F3N3O4S. The number of pyridine rings is 1. The number of sulfonamides is 1. The van der Waals surface area contributed by atoms with Crippen LogP contribution >= 0.6 is 0 Å². The molecular weight excluding hydrogens is 471 g/mol. The summed E-state index contributed by atoms with van der Waals surface area (Å²) in [4.78, 5) is 16.9. The Labute approximate surface area is 194 Å². The number of hydrogen-bond acceptors (Lipinski definition) is 5. The molecule has 2 aromatic carbocycles. The molecule has 1 saturated heterocycles. The van der Waals surface area contributed by atoms with Crippen LogP contribution in [-0.2, 0) is 14.8 Å². The largest absolute Gasteiger partial charge is 0.573 e. The number of nitrogens with one attached hydrogen (secondary N) is 1. The van der Waals surface area contributed by atoms with Crippen LogP contribution in [0.3, 0.4) is 0 Å². The van der Waals surface area contributed by atoms with Crippen molar-refractivity contribution in [1.29, 1.82) is 0 Å². The SMILES string of the molecule is Cc1ccc(NC(=O)C2CCN(S(=O)(=O)c3cccc(OC(F)(F)F)c3)CC2)c2cccnc12. The Balaban J connectivity index is 1.43. The van der Waals surface area contributed by atoms with Gasteiger partial charge in [0.15, 0.2) is 0 Å². The van der Waals surface area contributed by atoms with E-state index in [1.165, 1.54) is 16.4 Å². The van der Waals surface area contributed by atoms with Gasteiger partial charge in [0.05, 0.1) is 16.1 Å². The van der Waals surface area contributed by atoms with Crippen LogP contribution in [0.15, 0.2) is 59.6 Å². The molecule has 0 aliphatic carbocycles. The first-order valence-electron chi connectivity index (χ1n) is 10.6. The lowest BCUT2D eigenvalue weighted by Gasteiger charge is -2.30. The lowest BCUT2D eigenvalue weighted by atomic mass is 9.97. The van der Waals surface area contributed by atoms with E-state index in [9.17, 15) is 26.4 Å². The van der Waals surface area contributed by atoms with Gasteiger partial charge < -0.3 is 10.1 Å². The Morgan fingerprint density at radius 1 is 1.12 bits per heavy atom. The zero-order valence-electron chi connectivity index (χ0n) is 18.2. The van der Waals surface area contributed by atoms with Gasteiger partial charge in [0.2, 0.25) is 15.9 Å². The number of anilines is 1. The van der Waals surface area contributed by atoms with Gasteiger partial charge in [-0.1, -0.05) is 12.1 Å². The smallest absolute Gasteiger partial charge is 0.406 e. The highest BCUT2D eigenvalue weighted by atomic mass is 32.2. The fourth-order valence-corrected chi connectivity index (χ4v) is 5.50. The number of amides is 1. The van der Waals surface area contributed by atoms with Crippen LogP contribution in [0.2, 0.25) is 0 Å². The molecule has 0 spiro atoms. The molecule has 2 heterocycles. The van der Waals surface area contributed by atoms with Crippen LogP contribution in [0.4, 0.5) is 18.9 Å². The molecule has 34 heavy (non-hydrogen) atoms. The molecule has 180 valence electrons. The summed E-state index contributed by atoms with van der Waals surface area (Å²) in [5, 5.41) is 3.74. The van der Waals surface area contributed by atoms with Crippen LogP contribution < -0.4 is 10.1 Å². The normalized spacial score (nSPS) is 15.9. The molecule has 1 aromatic heterocycles. The summed E-state index contributed by atoms with van der Waals surface area (Å²) in [6.45, 7) is 2.07. The fraction of sp³-hybridized carbons (Fsp3) is 0.304. The number of halogens is 3. The van der Waals surface area contributed by atoms with Crippen LogP contribution in [-0.4, -0.2) is 43.1 Å². The summed E-state index contributed by atoms with van der Waals surface area (Å²) >= 11 is 0. The van der Waals surface area contributed by atoms with E-state index in [2.05, 4.69) is 15.0 Å². The van der Waals surface area contributed by atoms with E-state index in [0.29, 0.717) is 5.69 Å². The number of nitrogens with zero attached hydrogens (tertiary/aromatic N) is 2. The van der Waals surface area contributed by atoms with Gasteiger partial charge in [-0.3, -0.25) is 9.78 Å². The number of carbonyl (C=O) groups excluding carboxylic acids is 1. The molecule has 0 radical (unpaired) electrons. The quantitative estimate of drug-likeness (QED) is 0.566. The number of rotatable bonds is 5. The second kappa shape index (κ2) is 9.22. The van der Waals surface area contributed by atoms with Crippen molar-refractivity contribution in [3.63, 3.8) is 0 Å². The summed E-state index contributed by atoms with van der Waals surface area (Å²) in [5.41, 5.74) is 2.41. The molecule has 0 bridgehead atoms. The van der Waals surface area contributed by atoms with E-state index in [-0.39, 0.29) is 36.7 Å². The molecule has 0 unspecified atom stereocenters. The van der Waals surface area contributed by atoms with Gasteiger partial charge >= 0.3 is 6.36 Å². The molecule has 1 fully saturated rings. The molecule has 1 aliphatic rings. The van der Waals surface area contributed by atoms with E-state index in [0.717, 1.165) is 28.6 Å². The number of fused-ring (bicyclic) bond motifs is 1.